The van der Waals surface area contributed by atoms with Crippen LogP contribution in [0.4, 0.5) is 10.5 Å². The summed E-state index contributed by atoms with van der Waals surface area (Å²) in [5.41, 5.74) is 1.51. The zero-order chi connectivity index (χ0) is 14.5. The summed E-state index contributed by atoms with van der Waals surface area (Å²) in [6.07, 6.45) is 5.46. The summed E-state index contributed by atoms with van der Waals surface area (Å²) < 4.78 is 1.86. The maximum absolute atomic E-state index is 11.7. The molecule has 0 aliphatic carbocycles. The molecule has 0 saturated heterocycles. The summed E-state index contributed by atoms with van der Waals surface area (Å²) in [6.45, 7) is 6.88. The Bertz CT molecular complexity index is 590. The van der Waals surface area contributed by atoms with Crippen molar-refractivity contribution in [3.63, 3.8) is 0 Å². The van der Waals surface area contributed by atoms with Crippen LogP contribution in [0.5, 0.6) is 0 Å². The summed E-state index contributed by atoms with van der Waals surface area (Å²) in [5.74, 6) is 0. The summed E-state index contributed by atoms with van der Waals surface area (Å²) in [5, 5.41) is 10.8. The van der Waals surface area contributed by atoms with Gasteiger partial charge in [-0.15, -0.1) is 0 Å². The Labute approximate surface area is 118 Å². The van der Waals surface area contributed by atoms with Crippen LogP contribution < -0.4 is 10.6 Å². The summed E-state index contributed by atoms with van der Waals surface area (Å²) >= 11 is 0. The Morgan fingerprint density at radius 3 is 2.90 bits per heavy atom. The lowest BCUT2D eigenvalue weighted by Crippen LogP contribution is -2.29. The lowest BCUT2D eigenvalue weighted by Gasteiger charge is -2.08. The van der Waals surface area contributed by atoms with Crippen LogP contribution in [0.2, 0.25) is 0 Å². The van der Waals surface area contributed by atoms with Crippen molar-refractivity contribution >= 4 is 22.8 Å². The maximum Gasteiger partial charge on any atom is 0.319 e. The van der Waals surface area contributed by atoms with Gasteiger partial charge in [0, 0.05) is 18.0 Å². The number of rotatable bonds is 5. The van der Waals surface area contributed by atoms with Crippen LogP contribution in [0.3, 0.4) is 0 Å². The van der Waals surface area contributed by atoms with E-state index in [9.17, 15) is 4.79 Å². The lowest BCUT2D eigenvalue weighted by molar-refractivity contribution is 0.252. The number of anilines is 1. The number of nitrogens with one attached hydrogen (secondary N) is 2. The molecule has 0 radical (unpaired) electrons. The number of nitrogens with zero attached hydrogens (tertiary/aromatic N) is 3. The largest absolute Gasteiger partial charge is 0.338 e. The Kier molecular flexibility index (Phi) is 4.55. The van der Waals surface area contributed by atoms with Crippen molar-refractivity contribution < 1.29 is 4.79 Å². The van der Waals surface area contributed by atoms with Gasteiger partial charge in [-0.25, -0.2) is 14.5 Å². The Morgan fingerprint density at radius 1 is 1.40 bits per heavy atom. The summed E-state index contributed by atoms with van der Waals surface area (Å²) in [7, 11) is 0. The molecule has 6 heteroatoms. The molecule has 0 bridgehead atoms. The highest BCUT2D eigenvalue weighted by atomic mass is 16.2. The number of unbranched alkanes of at least 4 members (excludes halogenated alkanes) is 1. The third kappa shape index (κ3) is 3.26. The van der Waals surface area contributed by atoms with Crippen LogP contribution >= 0.6 is 0 Å². The van der Waals surface area contributed by atoms with E-state index in [1.807, 2.05) is 10.7 Å². The van der Waals surface area contributed by atoms with E-state index in [1.165, 1.54) is 0 Å². The fraction of sp³-hybridized carbons (Fsp3) is 0.500. The van der Waals surface area contributed by atoms with Crippen molar-refractivity contribution in [3.8, 4) is 0 Å². The van der Waals surface area contributed by atoms with Crippen LogP contribution in [0.1, 0.15) is 39.7 Å². The topological polar surface area (TPSA) is 71.8 Å². The van der Waals surface area contributed by atoms with E-state index in [1.54, 1.807) is 12.4 Å². The number of fused-ring (bicyclic) bond motifs is 1. The first kappa shape index (κ1) is 14.3. The number of hydrogen-bond donors (Lipinski definition) is 2. The molecule has 0 aliphatic heterocycles. The molecule has 20 heavy (non-hydrogen) atoms. The zero-order valence-electron chi connectivity index (χ0n) is 12.2. The standard InChI is InChI=1S/C14H21N5O/c1-4-5-6-15-14(20)18-12-7-11-8-17-19(10(2)3)13(11)16-9-12/h7-10H,4-6H2,1-3H3,(H2,15,18,20). The minimum Gasteiger partial charge on any atom is -0.338 e. The van der Waals surface area contributed by atoms with Crippen LogP contribution in [0, 0.1) is 0 Å². The van der Waals surface area contributed by atoms with E-state index < -0.39 is 0 Å². The molecule has 2 aromatic rings. The van der Waals surface area contributed by atoms with Crippen LogP contribution in [-0.4, -0.2) is 27.3 Å². The molecular weight excluding hydrogens is 254 g/mol. The second kappa shape index (κ2) is 6.36. The number of carbonyl (C=O) groups excluding carboxylic acids is 1. The molecule has 2 rings (SSSR count). The molecule has 0 aliphatic rings. The van der Waals surface area contributed by atoms with Gasteiger partial charge in [0.1, 0.15) is 0 Å². The van der Waals surface area contributed by atoms with Crippen LogP contribution in [-0.2, 0) is 0 Å². The number of urea groups is 1. The first-order valence-corrected chi connectivity index (χ1v) is 7.00. The van der Waals surface area contributed by atoms with Gasteiger partial charge in [-0.3, -0.25) is 0 Å². The number of carbonyl (C=O) groups is 1. The molecule has 0 spiro atoms. The normalized spacial score (nSPS) is 11.0. The predicted molar refractivity (Wildman–Crippen MR) is 79.8 cm³/mol. The molecule has 2 heterocycles. The molecule has 0 unspecified atom stereocenters. The van der Waals surface area contributed by atoms with Crippen molar-refractivity contribution in [2.24, 2.45) is 0 Å². The van der Waals surface area contributed by atoms with Crippen molar-refractivity contribution in [2.75, 3.05) is 11.9 Å². The van der Waals surface area contributed by atoms with E-state index in [0.717, 1.165) is 23.9 Å². The lowest BCUT2D eigenvalue weighted by atomic mass is 10.3. The highest BCUT2D eigenvalue weighted by Gasteiger charge is 2.08. The first-order chi connectivity index (χ1) is 9.61. The quantitative estimate of drug-likeness (QED) is 0.824. The number of hydrogen-bond acceptors (Lipinski definition) is 3. The average molecular weight is 275 g/mol. The van der Waals surface area contributed by atoms with E-state index in [0.29, 0.717) is 12.2 Å². The van der Waals surface area contributed by atoms with E-state index >= 15 is 0 Å². The van der Waals surface area contributed by atoms with Crippen molar-refractivity contribution in [3.05, 3.63) is 18.5 Å². The molecule has 0 atom stereocenters. The molecule has 2 N–H and O–H groups in total. The van der Waals surface area contributed by atoms with E-state index in [4.69, 9.17) is 0 Å². The number of aromatic nitrogens is 3. The minimum atomic E-state index is -0.198. The molecule has 0 aromatic carbocycles. The van der Waals surface area contributed by atoms with Crippen molar-refractivity contribution in [2.45, 2.75) is 39.7 Å². The van der Waals surface area contributed by atoms with Gasteiger partial charge in [0.2, 0.25) is 0 Å². The van der Waals surface area contributed by atoms with Gasteiger partial charge in [-0.1, -0.05) is 13.3 Å². The van der Waals surface area contributed by atoms with Crippen LogP contribution in [0.15, 0.2) is 18.5 Å². The first-order valence-electron chi connectivity index (χ1n) is 7.00. The number of pyridine rings is 1. The molecule has 6 nitrogen and oxygen atoms in total. The van der Waals surface area contributed by atoms with Gasteiger partial charge in [0.15, 0.2) is 5.65 Å². The Hall–Kier alpha value is -2.11. The van der Waals surface area contributed by atoms with Gasteiger partial charge >= 0.3 is 6.03 Å². The summed E-state index contributed by atoms with van der Waals surface area (Å²) in [4.78, 5) is 16.0. The smallest absolute Gasteiger partial charge is 0.319 e. The van der Waals surface area contributed by atoms with Gasteiger partial charge in [0.05, 0.1) is 18.1 Å². The molecule has 0 fully saturated rings. The SMILES string of the molecule is CCCCNC(=O)Nc1cnc2c(cnn2C(C)C)c1. The van der Waals surface area contributed by atoms with Gasteiger partial charge in [-0.2, -0.15) is 5.10 Å². The summed E-state index contributed by atoms with van der Waals surface area (Å²) in [6, 6.07) is 1.94. The van der Waals surface area contributed by atoms with Gasteiger partial charge < -0.3 is 10.6 Å². The Balaban J connectivity index is 2.07. The van der Waals surface area contributed by atoms with Gasteiger partial charge in [-0.05, 0) is 26.3 Å². The minimum absolute atomic E-state index is 0.198. The van der Waals surface area contributed by atoms with Crippen LogP contribution in [0.25, 0.3) is 11.0 Å². The Morgan fingerprint density at radius 2 is 2.20 bits per heavy atom. The maximum atomic E-state index is 11.7. The number of amides is 2. The molecule has 2 aromatic heterocycles. The highest BCUT2D eigenvalue weighted by Crippen LogP contribution is 2.18. The highest BCUT2D eigenvalue weighted by molar-refractivity contribution is 5.91. The molecular formula is C14H21N5O. The van der Waals surface area contributed by atoms with Gasteiger partial charge in [0.25, 0.3) is 0 Å². The monoisotopic (exact) mass is 275 g/mol. The molecule has 108 valence electrons. The molecule has 2 amide bonds. The van der Waals surface area contributed by atoms with E-state index in [2.05, 4.69) is 41.5 Å². The van der Waals surface area contributed by atoms with Crippen molar-refractivity contribution in [1.82, 2.24) is 20.1 Å². The zero-order valence-corrected chi connectivity index (χ0v) is 12.2. The molecule has 0 saturated carbocycles. The average Bonchev–Trinajstić information content (AvgIpc) is 2.82. The third-order valence-electron chi connectivity index (χ3n) is 3.00. The van der Waals surface area contributed by atoms with Crippen molar-refractivity contribution in [1.29, 1.82) is 0 Å². The predicted octanol–water partition coefficient (Wildman–Crippen LogP) is 2.93. The third-order valence-corrected chi connectivity index (χ3v) is 3.00. The fourth-order valence-corrected chi connectivity index (χ4v) is 1.94. The second-order valence-corrected chi connectivity index (χ2v) is 5.05. The second-order valence-electron chi connectivity index (χ2n) is 5.05. The van der Waals surface area contributed by atoms with E-state index in [-0.39, 0.29) is 12.1 Å². The fourth-order valence-electron chi connectivity index (χ4n) is 1.94.